The van der Waals surface area contributed by atoms with Crippen molar-refractivity contribution in [1.29, 1.82) is 0 Å². The van der Waals surface area contributed by atoms with E-state index in [1.54, 1.807) is 12.4 Å². The first-order valence-electron chi connectivity index (χ1n) is 5.89. The lowest BCUT2D eigenvalue weighted by atomic mass is 10.2. The predicted molar refractivity (Wildman–Crippen MR) is 68.0 cm³/mol. The maximum absolute atomic E-state index is 11.3. The molecule has 1 aromatic rings. The summed E-state index contributed by atoms with van der Waals surface area (Å²) in [5.74, 6) is 0. The van der Waals surface area contributed by atoms with Gasteiger partial charge in [-0.1, -0.05) is 0 Å². The summed E-state index contributed by atoms with van der Waals surface area (Å²) in [6, 6.07) is 0. The average Bonchev–Trinajstić information content (AvgIpc) is 2.27. The van der Waals surface area contributed by atoms with Gasteiger partial charge in [-0.25, -0.2) is 14.8 Å². The Balaban J connectivity index is 2.07. The van der Waals surface area contributed by atoms with Crippen LogP contribution in [0.15, 0.2) is 18.7 Å². The van der Waals surface area contributed by atoms with Crippen LogP contribution in [0.1, 0.15) is 26.3 Å². The second kappa shape index (κ2) is 6.90. The second-order valence-corrected chi connectivity index (χ2v) is 4.85. The molecule has 0 unspecified atom stereocenters. The molecule has 0 fully saturated rings. The molecule has 0 aliphatic rings. The Labute approximate surface area is 107 Å². The monoisotopic (exact) mass is 252 g/mol. The molecule has 0 saturated heterocycles. The van der Waals surface area contributed by atoms with E-state index in [1.807, 2.05) is 20.8 Å². The minimum atomic E-state index is -0.459. The van der Waals surface area contributed by atoms with Gasteiger partial charge in [0.15, 0.2) is 0 Å². The molecule has 6 nitrogen and oxygen atoms in total. The first-order valence-corrected chi connectivity index (χ1v) is 5.89. The first kappa shape index (κ1) is 14.4. The van der Waals surface area contributed by atoms with E-state index in [-0.39, 0.29) is 0 Å². The highest BCUT2D eigenvalue weighted by molar-refractivity contribution is 5.67. The zero-order valence-electron chi connectivity index (χ0n) is 11.1. The highest BCUT2D eigenvalue weighted by Crippen LogP contribution is 2.05. The van der Waals surface area contributed by atoms with Gasteiger partial charge >= 0.3 is 6.09 Å². The van der Waals surface area contributed by atoms with Crippen LogP contribution < -0.4 is 10.6 Å². The Morgan fingerprint density at radius 3 is 2.56 bits per heavy atom. The zero-order valence-corrected chi connectivity index (χ0v) is 11.1. The van der Waals surface area contributed by atoms with Gasteiger partial charge in [0.25, 0.3) is 0 Å². The molecule has 2 N–H and O–H groups in total. The number of carbonyl (C=O) groups is 1. The number of carbonyl (C=O) groups excluding carboxylic acids is 1. The van der Waals surface area contributed by atoms with Gasteiger partial charge in [0.2, 0.25) is 0 Å². The van der Waals surface area contributed by atoms with Crippen molar-refractivity contribution in [1.82, 2.24) is 20.6 Å². The van der Waals surface area contributed by atoms with Gasteiger partial charge in [-0.3, -0.25) is 0 Å². The van der Waals surface area contributed by atoms with Crippen molar-refractivity contribution in [3.05, 3.63) is 24.3 Å². The summed E-state index contributed by atoms with van der Waals surface area (Å²) in [5, 5.41) is 5.84. The van der Waals surface area contributed by atoms with E-state index < -0.39 is 11.7 Å². The molecule has 6 heteroatoms. The minimum absolute atomic E-state index is 0.396. The summed E-state index contributed by atoms with van der Waals surface area (Å²) in [4.78, 5) is 19.1. The van der Waals surface area contributed by atoms with Gasteiger partial charge < -0.3 is 15.4 Å². The largest absolute Gasteiger partial charge is 0.444 e. The lowest BCUT2D eigenvalue weighted by molar-refractivity contribution is 0.0528. The molecule has 100 valence electrons. The second-order valence-electron chi connectivity index (χ2n) is 4.85. The smallest absolute Gasteiger partial charge is 0.407 e. The zero-order chi connectivity index (χ0) is 13.4. The molecule has 0 saturated carbocycles. The lowest BCUT2D eigenvalue weighted by Gasteiger charge is -2.19. The fourth-order valence-electron chi connectivity index (χ4n) is 1.22. The standard InChI is InChI=1S/C12H20N4O2/c1-12(2,3)18-11(17)16-5-4-13-6-10-7-14-9-15-8-10/h7-9,13H,4-6H2,1-3H3,(H,16,17). The normalized spacial score (nSPS) is 11.1. The molecule has 1 rings (SSSR count). The molecule has 18 heavy (non-hydrogen) atoms. The maximum atomic E-state index is 11.3. The van der Waals surface area contributed by atoms with Gasteiger partial charge in [-0.2, -0.15) is 0 Å². The molecule has 0 bridgehead atoms. The van der Waals surface area contributed by atoms with E-state index in [2.05, 4.69) is 20.6 Å². The topological polar surface area (TPSA) is 76.1 Å². The van der Waals surface area contributed by atoms with Crippen LogP contribution in [-0.2, 0) is 11.3 Å². The van der Waals surface area contributed by atoms with Crippen molar-refractivity contribution < 1.29 is 9.53 Å². The molecule has 0 radical (unpaired) electrons. The Morgan fingerprint density at radius 2 is 1.94 bits per heavy atom. The minimum Gasteiger partial charge on any atom is -0.444 e. The molecule has 1 amide bonds. The van der Waals surface area contributed by atoms with Gasteiger partial charge in [0.1, 0.15) is 11.9 Å². The lowest BCUT2D eigenvalue weighted by Crippen LogP contribution is -2.36. The van der Waals surface area contributed by atoms with Crippen LogP contribution in [0.2, 0.25) is 0 Å². The van der Waals surface area contributed by atoms with Gasteiger partial charge in [-0.05, 0) is 20.8 Å². The number of nitrogens with zero attached hydrogens (tertiary/aromatic N) is 2. The number of nitrogens with one attached hydrogen (secondary N) is 2. The first-order chi connectivity index (χ1) is 8.47. The van der Waals surface area contributed by atoms with Crippen LogP contribution >= 0.6 is 0 Å². The Hall–Kier alpha value is -1.69. The predicted octanol–water partition coefficient (Wildman–Crippen LogP) is 1.09. The van der Waals surface area contributed by atoms with Crippen molar-refractivity contribution >= 4 is 6.09 Å². The molecular formula is C12H20N4O2. The van der Waals surface area contributed by atoms with E-state index in [0.717, 1.165) is 5.56 Å². The molecule has 0 spiro atoms. The third-order valence-corrected chi connectivity index (χ3v) is 1.91. The molecule has 0 atom stereocenters. The van der Waals surface area contributed by atoms with Crippen molar-refractivity contribution in [3.63, 3.8) is 0 Å². The van der Waals surface area contributed by atoms with Crippen LogP contribution in [0, 0.1) is 0 Å². The fourth-order valence-corrected chi connectivity index (χ4v) is 1.22. The molecule has 0 aromatic carbocycles. The van der Waals surface area contributed by atoms with E-state index in [4.69, 9.17) is 4.74 Å². The van der Waals surface area contributed by atoms with Crippen molar-refractivity contribution in [3.8, 4) is 0 Å². The number of rotatable bonds is 5. The average molecular weight is 252 g/mol. The number of amides is 1. The van der Waals surface area contributed by atoms with Gasteiger partial charge in [0.05, 0.1) is 0 Å². The van der Waals surface area contributed by atoms with Crippen molar-refractivity contribution in [2.24, 2.45) is 0 Å². The van der Waals surface area contributed by atoms with E-state index in [0.29, 0.717) is 19.6 Å². The summed E-state index contributed by atoms with van der Waals surface area (Å²) in [6.45, 7) is 7.36. The van der Waals surface area contributed by atoms with Crippen LogP contribution in [0.5, 0.6) is 0 Å². The number of aromatic nitrogens is 2. The molecule has 1 aromatic heterocycles. The maximum Gasteiger partial charge on any atom is 0.407 e. The fraction of sp³-hybridized carbons (Fsp3) is 0.583. The molecule has 0 aliphatic heterocycles. The van der Waals surface area contributed by atoms with E-state index in [9.17, 15) is 4.79 Å². The van der Waals surface area contributed by atoms with Crippen LogP contribution in [0.25, 0.3) is 0 Å². The van der Waals surface area contributed by atoms with E-state index in [1.165, 1.54) is 6.33 Å². The number of hydrogen-bond acceptors (Lipinski definition) is 5. The number of hydrogen-bond donors (Lipinski definition) is 2. The molecular weight excluding hydrogens is 232 g/mol. The summed E-state index contributed by atoms with van der Waals surface area (Å²) in [6.07, 6.45) is 4.60. The molecule has 0 aliphatic carbocycles. The van der Waals surface area contributed by atoms with Crippen LogP contribution in [0.4, 0.5) is 4.79 Å². The molecule has 1 heterocycles. The highest BCUT2D eigenvalue weighted by atomic mass is 16.6. The Kier molecular flexibility index (Phi) is 5.51. The van der Waals surface area contributed by atoms with E-state index >= 15 is 0 Å². The summed E-state index contributed by atoms with van der Waals surface area (Å²) in [7, 11) is 0. The van der Waals surface area contributed by atoms with Crippen molar-refractivity contribution in [2.75, 3.05) is 13.1 Å². The quantitative estimate of drug-likeness (QED) is 0.767. The van der Waals surface area contributed by atoms with Crippen molar-refractivity contribution in [2.45, 2.75) is 32.9 Å². The van der Waals surface area contributed by atoms with Crippen LogP contribution in [-0.4, -0.2) is 34.8 Å². The third-order valence-electron chi connectivity index (χ3n) is 1.91. The van der Waals surface area contributed by atoms with Crippen LogP contribution in [0.3, 0.4) is 0 Å². The summed E-state index contributed by atoms with van der Waals surface area (Å²) >= 11 is 0. The highest BCUT2D eigenvalue weighted by Gasteiger charge is 2.15. The summed E-state index contributed by atoms with van der Waals surface area (Å²) < 4.78 is 5.10. The third kappa shape index (κ3) is 6.80. The van der Waals surface area contributed by atoms with Gasteiger partial charge in [0, 0.05) is 37.6 Å². The SMILES string of the molecule is CC(C)(C)OC(=O)NCCNCc1cncnc1. The summed E-state index contributed by atoms with van der Waals surface area (Å²) in [5.41, 5.74) is 0.550. The van der Waals surface area contributed by atoms with Gasteiger partial charge in [-0.15, -0.1) is 0 Å². The Morgan fingerprint density at radius 1 is 1.28 bits per heavy atom. The number of ether oxygens (including phenoxy) is 1. The Bertz CT molecular complexity index is 362. The number of alkyl carbamates (subject to hydrolysis) is 1.